The van der Waals surface area contributed by atoms with Crippen molar-refractivity contribution in [2.45, 2.75) is 184 Å². The standard InChI is InChI=1S/C19H25N3O4.C19H24N2O5.C16H27N3O5/c1-2-3-4-5-6-7-8-9-10-14-12-22(19(25)21-18(14)20)17-11-15(24)16(13-23)26-17;1-2-3-4-5-6-7-8-9-10-14-12-21(19(25)20-18(14)24)17-11-15(23)16(13-22)26-17;1-11-9-19(14-8-12(22)13(10-21)24-14)16(23)18-15(11)17-6-4-2-3-5-7-20/h1,12,15-17,23-24H,3-8,11,13H2,(H2,20,21,25);1,12,15-17,22-23H,3-8,11,13H2,(H,20,24,25);9,12-14,20-22H,2-8,10H2,1H3,(H,17,18,23)/t2*15-,16-,17-;12-,13-,14-/m111/s1. The van der Waals surface area contributed by atoms with Crippen LogP contribution in [-0.4, -0.2) is 134 Å². The summed E-state index contributed by atoms with van der Waals surface area (Å²) in [7, 11) is 0. The molecule has 416 valence electrons. The molecule has 22 heteroatoms. The topological polar surface area (TPSA) is 332 Å². The third-order valence-electron chi connectivity index (χ3n) is 12.7. The van der Waals surface area contributed by atoms with E-state index in [4.69, 9.17) is 53.2 Å². The van der Waals surface area contributed by atoms with Crippen molar-refractivity contribution in [3.05, 3.63) is 77.1 Å². The van der Waals surface area contributed by atoms with Crippen molar-refractivity contribution >= 4 is 11.6 Å². The SMILES string of the molecule is C#CCCCCCCC#Cc1cn([C@H]2C[C@@H](O)[C@@H](CO)O2)c(=O)[nH]c1=O.C#CCCCCCCC#Cc1cn([C@H]2C[C@@H](O)[C@@H](CO)O2)c(=O)nc1N.Cc1cn([C@H]2C[C@@H](O)[C@@H](CO)O2)c(=O)nc1NCCCCCCO. The highest BCUT2D eigenvalue weighted by Crippen LogP contribution is 2.30. The van der Waals surface area contributed by atoms with Gasteiger partial charge in [-0.1, -0.05) is 62.2 Å². The second kappa shape index (κ2) is 33.8. The summed E-state index contributed by atoms with van der Waals surface area (Å²) in [5.41, 5.74) is 5.02. The van der Waals surface area contributed by atoms with E-state index in [1.807, 2.05) is 6.92 Å². The second-order valence-electron chi connectivity index (χ2n) is 18.7. The number of H-pyrrole nitrogens is 1. The first-order valence-corrected chi connectivity index (χ1v) is 26.1. The summed E-state index contributed by atoms with van der Waals surface area (Å²) in [5, 5.41) is 68.7. The van der Waals surface area contributed by atoms with E-state index in [0.717, 1.165) is 102 Å². The number of nitrogens with zero attached hydrogens (tertiary/aromatic N) is 5. The maximum atomic E-state index is 12.2. The van der Waals surface area contributed by atoms with Gasteiger partial charge in [0.2, 0.25) is 0 Å². The molecule has 6 heterocycles. The zero-order valence-corrected chi connectivity index (χ0v) is 43.4. The van der Waals surface area contributed by atoms with E-state index < -0.39 is 77.9 Å². The Labute approximate surface area is 442 Å². The van der Waals surface area contributed by atoms with Crippen LogP contribution in [0.3, 0.4) is 0 Å². The molecule has 3 aromatic heterocycles. The Hall–Kier alpha value is -6.12. The van der Waals surface area contributed by atoms with Crippen LogP contribution in [0, 0.1) is 55.3 Å². The Kier molecular flexibility index (Phi) is 27.8. The molecular formula is C54H76N8O14. The minimum Gasteiger partial charge on any atom is -0.396 e. The van der Waals surface area contributed by atoms with Crippen molar-refractivity contribution < 1.29 is 50.0 Å². The lowest BCUT2D eigenvalue weighted by molar-refractivity contribution is -0.0459. The largest absolute Gasteiger partial charge is 0.396 e. The highest BCUT2D eigenvalue weighted by molar-refractivity contribution is 5.49. The molecule has 0 bridgehead atoms. The molecule has 9 atom stereocenters. The molecular weight excluding hydrogens is 985 g/mol. The number of nitrogens with two attached hydrogens (primary N) is 1. The molecule has 0 saturated carbocycles. The normalized spacial score (nSPS) is 22.4. The highest BCUT2D eigenvalue weighted by atomic mass is 16.6. The number of terminal acetylenes is 2. The number of hydrogen-bond donors (Lipinski definition) is 10. The third kappa shape index (κ3) is 19.8. The smallest absolute Gasteiger partial charge is 0.351 e. The van der Waals surface area contributed by atoms with Crippen LogP contribution < -0.4 is 33.7 Å². The molecule has 0 amide bonds. The van der Waals surface area contributed by atoms with Crippen molar-refractivity contribution in [3.63, 3.8) is 0 Å². The van der Waals surface area contributed by atoms with Crippen molar-refractivity contribution in [1.29, 1.82) is 0 Å². The van der Waals surface area contributed by atoms with Crippen LogP contribution in [0.15, 0.2) is 37.8 Å². The van der Waals surface area contributed by atoms with E-state index >= 15 is 0 Å². The minimum absolute atomic E-state index is 0.0741. The van der Waals surface area contributed by atoms with Crippen molar-refractivity contribution in [2.75, 3.05) is 44.0 Å². The molecule has 3 aliphatic heterocycles. The molecule has 3 aliphatic rings. The predicted octanol–water partition coefficient (Wildman–Crippen LogP) is 1.45. The molecule has 6 rings (SSSR count). The summed E-state index contributed by atoms with van der Waals surface area (Å²) in [4.78, 5) is 58.3. The first-order valence-electron chi connectivity index (χ1n) is 26.1. The fourth-order valence-electron chi connectivity index (χ4n) is 8.38. The van der Waals surface area contributed by atoms with E-state index in [0.29, 0.717) is 24.3 Å². The lowest BCUT2D eigenvalue weighted by Crippen LogP contribution is -2.33. The number of aliphatic hydroxyl groups excluding tert-OH is 7. The number of aromatic amines is 1. The Morgan fingerprint density at radius 1 is 0.618 bits per heavy atom. The van der Waals surface area contributed by atoms with Gasteiger partial charge in [0.25, 0.3) is 5.56 Å². The molecule has 3 saturated heterocycles. The third-order valence-corrected chi connectivity index (χ3v) is 12.7. The first-order chi connectivity index (χ1) is 36.7. The van der Waals surface area contributed by atoms with Gasteiger partial charge in [-0.15, -0.1) is 24.7 Å². The number of aryl methyl sites for hydroxylation is 1. The van der Waals surface area contributed by atoms with E-state index in [9.17, 15) is 34.5 Å². The van der Waals surface area contributed by atoms with Crippen LogP contribution in [0.5, 0.6) is 0 Å². The molecule has 0 aliphatic carbocycles. The number of anilines is 2. The number of aliphatic hydroxyl groups is 7. The fraction of sp³-hybridized carbons (Fsp3) is 0.630. The zero-order valence-electron chi connectivity index (χ0n) is 43.4. The summed E-state index contributed by atoms with van der Waals surface area (Å²) in [5.74, 6) is 17.6. The van der Waals surface area contributed by atoms with Crippen LogP contribution >= 0.6 is 0 Å². The van der Waals surface area contributed by atoms with Crippen LogP contribution in [0.25, 0.3) is 0 Å². The minimum atomic E-state index is -0.868. The molecule has 76 heavy (non-hydrogen) atoms. The molecule has 0 spiro atoms. The van der Waals surface area contributed by atoms with Crippen molar-refractivity contribution in [1.82, 2.24) is 28.7 Å². The molecule has 0 aromatic carbocycles. The number of ether oxygens (including phenoxy) is 3. The quantitative estimate of drug-likeness (QED) is 0.0475. The molecule has 0 unspecified atom stereocenters. The number of unbranched alkanes of at least 4 members (excludes halogenated alkanes) is 13. The number of rotatable bonds is 23. The average molecular weight is 1060 g/mol. The van der Waals surface area contributed by atoms with Crippen molar-refractivity contribution in [2.24, 2.45) is 0 Å². The van der Waals surface area contributed by atoms with Crippen LogP contribution in [0.4, 0.5) is 11.6 Å². The van der Waals surface area contributed by atoms with Crippen LogP contribution in [0.2, 0.25) is 0 Å². The summed E-state index contributed by atoms with van der Waals surface area (Å²) in [6.45, 7) is 1.85. The summed E-state index contributed by atoms with van der Waals surface area (Å²) < 4.78 is 20.3. The van der Waals surface area contributed by atoms with Gasteiger partial charge in [0, 0.05) is 82.3 Å². The van der Waals surface area contributed by atoms with Gasteiger partial charge in [0.05, 0.1) is 43.7 Å². The number of hydrogen-bond acceptors (Lipinski definition) is 18. The Morgan fingerprint density at radius 3 is 1.54 bits per heavy atom. The van der Waals surface area contributed by atoms with Gasteiger partial charge in [0.1, 0.15) is 54.2 Å². The Bertz CT molecular complexity index is 2720. The summed E-state index contributed by atoms with van der Waals surface area (Å²) in [6.07, 6.45) is 23.8. The van der Waals surface area contributed by atoms with Crippen LogP contribution in [-0.2, 0) is 14.2 Å². The summed E-state index contributed by atoms with van der Waals surface area (Å²) in [6, 6.07) is 0. The second-order valence-corrected chi connectivity index (χ2v) is 18.7. The van der Waals surface area contributed by atoms with Gasteiger partial charge >= 0.3 is 17.1 Å². The maximum absolute atomic E-state index is 12.2. The molecule has 0 radical (unpaired) electrons. The lowest BCUT2D eigenvalue weighted by atomic mass is 10.1. The lowest BCUT2D eigenvalue weighted by Gasteiger charge is -2.16. The zero-order chi connectivity index (χ0) is 55.4. The molecule has 3 aromatic rings. The van der Waals surface area contributed by atoms with Gasteiger partial charge in [-0.2, -0.15) is 9.97 Å². The molecule has 22 nitrogen and oxygen atoms in total. The molecule has 11 N–H and O–H groups in total. The monoisotopic (exact) mass is 1060 g/mol. The summed E-state index contributed by atoms with van der Waals surface area (Å²) >= 11 is 0. The maximum Gasteiger partial charge on any atom is 0.351 e. The van der Waals surface area contributed by atoms with E-state index in [1.54, 1.807) is 6.20 Å². The van der Waals surface area contributed by atoms with Gasteiger partial charge < -0.3 is 61.0 Å². The average Bonchev–Trinajstić information content (AvgIpc) is 4.10. The van der Waals surface area contributed by atoms with Gasteiger partial charge in [-0.05, 0) is 45.4 Å². The number of aromatic nitrogens is 6. The Balaban J connectivity index is 0.000000247. The number of nitrogen functional groups attached to an aromatic ring is 1. The Morgan fingerprint density at radius 2 is 1.05 bits per heavy atom. The first kappa shape index (κ1) is 62.4. The number of nitrogens with one attached hydrogen (secondary N) is 2. The van der Waals surface area contributed by atoms with Gasteiger partial charge in [0.15, 0.2) is 0 Å². The fourth-order valence-corrected chi connectivity index (χ4v) is 8.38. The van der Waals surface area contributed by atoms with E-state index in [-0.39, 0.29) is 57.1 Å². The van der Waals surface area contributed by atoms with Crippen molar-refractivity contribution in [3.8, 4) is 48.4 Å². The molecule has 3 fully saturated rings. The van der Waals surface area contributed by atoms with E-state index in [2.05, 4.69) is 55.8 Å². The van der Waals surface area contributed by atoms with Crippen LogP contribution in [0.1, 0.15) is 157 Å². The van der Waals surface area contributed by atoms with Gasteiger partial charge in [-0.25, -0.2) is 14.4 Å². The predicted molar refractivity (Wildman–Crippen MR) is 283 cm³/mol. The highest BCUT2D eigenvalue weighted by Gasteiger charge is 2.37. The van der Waals surface area contributed by atoms with E-state index in [1.165, 1.54) is 26.1 Å². The van der Waals surface area contributed by atoms with Gasteiger partial charge in [-0.3, -0.25) is 23.5 Å².